The van der Waals surface area contributed by atoms with Crippen LogP contribution in [0.2, 0.25) is 0 Å². The first kappa shape index (κ1) is 20.5. The number of hydrogen-bond donors (Lipinski definition) is 2. The molecule has 0 unspecified atom stereocenters. The van der Waals surface area contributed by atoms with Gasteiger partial charge in [0.1, 0.15) is 5.76 Å². The normalized spacial score (nSPS) is 10.3. The monoisotopic (exact) mass is 391 g/mol. The van der Waals surface area contributed by atoms with Gasteiger partial charge in [0.25, 0.3) is 5.91 Å². The molecule has 0 spiro atoms. The third-order valence-electron chi connectivity index (χ3n) is 3.38. The summed E-state index contributed by atoms with van der Waals surface area (Å²) in [7, 11) is 0. The number of anilines is 2. The Morgan fingerprint density at radius 1 is 1.07 bits per heavy atom. The van der Waals surface area contributed by atoms with E-state index in [0.29, 0.717) is 17.3 Å². The van der Waals surface area contributed by atoms with Crippen molar-refractivity contribution in [1.29, 1.82) is 0 Å². The number of ether oxygens (including phenoxy) is 1. The van der Waals surface area contributed by atoms with Crippen LogP contribution in [0.15, 0.2) is 28.8 Å². The molecule has 144 valence electrons. The van der Waals surface area contributed by atoms with Gasteiger partial charge in [-0.3, -0.25) is 14.4 Å². The number of carbonyl (C=O) groups is 3. The zero-order valence-corrected chi connectivity index (χ0v) is 16.1. The third-order valence-corrected chi connectivity index (χ3v) is 4.29. The predicted octanol–water partition coefficient (Wildman–Crippen LogP) is 2.45. The molecule has 0 fully saturated rings. The van der Waals surface area contributed by atoms with Crippen LogP contribution in [-0.4, -0.2) is 41.1 Å². The molecule has 8 nitrogen and oxygen atoms in total. The minimum absolute atomic E-state index is 0.0397. The number of aryl methyl sites for hydroxylation is 3. The first-order valence-corrected chi connectivity index (χ1v) is 9.32. The summed E-state index contributed by atoms with van der Waals surface area (Å²) in [5, 5.41) is 8.89. The van der Waals surface area contributed by atoms with Crippen LogP contribution in [0.1, 0.15) is 16.9 Å². The molecular weight excluding hydrogens is 370 g/mol. The van der Waals surface area contributed by atoms with Crippen LogP contribution in [-0.2, 0) is 19.1 Å². The fourth-order valence-electron chi connectivity index (χ4n) is 2.08. The fourth-order valence-corrected chi connectivity index (χ4v) is 2.69. The molecule has 2 aromatic rings. The molecule has 2 amide bonds. The number of thioether (sulfide) groups is 1. The van der Waals surface area contributed by atoms with E-state index >= 15 is 0 Å². The lowest BCUT2D eigenvalue weighted by atomic mass is 10.1. The standard InChI is InChI=1S/C18H21N3O5S/c1-11-4-5-12(2)14(6-11)19-16(22)8-25-18(24)10-27-9-17(23)20-15-7-13(3)26-21-15/h4-7H,8-10H2,1-3H3,(H,19,22)(H,20,21,23). The summed E-state index contributed by atoms with van der Waals surface area (Å²) in [5.41, 5.74) is 2.62. The van der Waals surface area contributed by atoms with Crippen molar-refractivity contribution in [3.8, 4) is 0 Å². The van der Waals surface area contributed by atoms with E-state index in [0.717, 1.165) is 22.9 Å². The molecule has 0 radical (unpaired) electrons. The van der Waals surface area contributed by atoms with E-state index in [1.807, 2.05) is 32.0 Å². The summed E-state index contributed by atoms with van der Waals surface area (Å²) in [6.45, 7) is 5.14. The topological polar surface area (TPSA) is 111 Å². The lowest BCUT2D eigenvalue weighted by Gasteiger charge is -2.09. The molecule has 9 heteroatoms. The summed E-state index contributed by atoms with van der Waals surface area (Å²) in [6, 6.07) is 7.28. The molecule has 0 saturated heterocycles. The molecule has 2 rings (SSSR count). The Hall–Kier alpha value is -2.81. The van der Waals surface area contributed by atoms with E-state index in [9.17, 15) is 14.4 Å². The van der Waals surface area contributed by atoms with Crippen LogP contribution in [0.4, 0.5) is 11.5 Å². The molecule has 0 saturated carbocycles. The van der Waals surface area contributed by atoms with Gasteiger partial charge in [0.15, 0.2) is 12.4 Å². The van der Waals surface area contributed by atoms with Gasteiger partial charge >= 0.3 is 5.97 Å². The summed E-state index contributed by atoms with van der Waals surface area (Å²) < 4.78 is 9.75. The van der Waals surface area contributed by atoms with E-state index in [1.54, 1.807) is 13.0 Å². The molecule has 0 bridgehead atoms. The lowest BCUT2D eigenvalue weighted by molar-refractivity contribution is -0.144. The van der Waals surface area contributed by atoms with Crippen molar-refractivity contribution < 1.29 is 23.6 Å². The largest absolute Gasteiger partial charge is 0.455 e. The second-order valence-electron chi connectivity index (χ2n) is 5.89. The van der Waals surface area contributed by atoms with Crippen molar-refractivity contribution in [2.24, 2.45) is 0 Å². The number of carbonyl (C=O) groups excluding carboxylic acids is 3. The average Bonchev–Trinajstić information content (AvgIpc) is 3.01. The Morgan fingerprint density at radius 2 is 1.85 bits per heavy atom. The van der Waals surface area contributed by atoms with Crippen molar-refractivity contribution in [1.82, 2.24) is 5.16 Å². The Balaban J connectivity index is 1.64. The lowest BCUT2D eigenvalue weighted by Crippen LogP contribution is -2.22. The third kappa shape index (κ3) is 7.14. The van der Waals surface area contributed by atoms with Gasteiger partial charge in [0, 0.05) is 11.8 Å². The zero-order valence-electron chi connectivity index (χ0n) is 15.3. The number of benzene rings is 1. The van der Waals surface area contributed by atoms with E-state index in [4.69, 9.17) is 9.26 Å². The van der Waals surface area contributed by atoms with Gasteiger partial charge in [0.05, 0.1) is 11.5 Å². The number of hydrogen-bond acceptors (Lipinski definition) is 7. The Bertz CT molecular complexity index is 834. The number of rotatable bonds is 8. The highest BCUT2D eigenvalue weighted by Crippen LogP contribution is 2.16. The summed E-state index contributed by atoms with van der Waals surface area (Å²) in [6.07, 6.45) is 0. The van der Waals surface area contributed by atoms with Gasteiger partial charge < -0.3 is 19.9 Å². The van der Waals surface area contributed by atoms with Crippen molar-refractivity contribution in [3.05, 3.63) is 41.2 Å². The van der Waals surface area contributed by atoms with Crippen molar-refractivity contribution in [2.45, 2.75) is 20.8 Å². The maximum absolute atomic E-state index is 11.9. The molecule has 1 heterocycles. The van der Waals surface area contributed by atoms with Crippen molar-refractivity contribution >= 4 is 41.1 Å². The van der Waals surface area contributed by atoms with Crippen LogP contribution < -0.4 is 10.6 Å². The fraction of sp³-hybridized carbons (Fsp3) is 0.333. The summed E-state index contributed by atoms with van der Waals surface area (Å²) in [4.78, 5) is 35.3. The molecule has 2 N–H and O–H groups in total. The quantitative estimate of drug-likeness (QED) is 0.665. The van der Waals surface area contributed by atoms with E-state index in [1.165, 1.54) is 0 Å². The van der Waals surface area contributed by atoms with Crippen LogP contribution in [0, 0.1) is 20.8 Å². The molecular formula is C18H21N3O5S. The Kier molecular flexibility index (Phi) is 7.42. The number of nitrogens with one attached hydrogen (secondary N) is 2. The Labute approximate surface area is 161 Å². The van der Waals surface area contributed by atoms with E-state index in [2.05, 4.69) is 15.8 Å². The van der Waals surface area contributed by atoms with Gasteiger partial charge in [-0.15, -0.1) is 11.8 Å². The minimum Gasteiger partial charge on any atom is -0.455 e. The van der Waals surface area contributed by atoms with Crippen LogP contribution >= 0.6 is 11.8 Å². The van der Waals surface area contributed by atoms with Crippen molar-refractivity contribution in [3.63, 3.8) is 0 Å². The zero-order chi connectivity index (χ0) is 19.8. The number of nitrogens with zero attached hydrogens (tertiary/aromatic N) is 1. The van der Waals surface area contributed by atoms with Crippen LogP contribution in [0.25, 0.3) is 0 Å². The highest BCUT2D eigenvalue weighted by Gasteiger charge is 2.11. The molecule has 0 aliphatic carbocycles. The van der Waals surface area contributed by atoms with Gasteiger partial charge in [-0.1, -0.05) is 17.3 Å². The molecule has 27 heavy (non-hydrogen) atoms. The SMILES string of the molecule is Cc1ccc(C)c(NC(=O)COC(=O)CSCC(=O)Nc2cc(C)on2)c1. The van der Waals surface area contributed by atoms with Crippen LogP contribution in [0.3, 0.4) is 0 Å². The van der Waals surface area contributed by atoms with E-state index < -0.39 is 11.9 Å². The molecule has 0 atom stereocenters. The number of amides is 2. The molecule has 1 aromatic carbocycles. The van der Waals surface area contributed by atoms with Gasteiger partial charge in [0.2, 0.25) is 5.91 Å². The van der Waals surface area contributed by atoms with Crippen LogP contribution in [0.5, 0.6) is 0 Å². The first-order valence-electron chi connectivity index (χ1n) is 8.17. The summed E-state index contributed by atoms with van der Waals surface area (Å²) in [5.74, 6) is -0.377. The minimum atomic E-state index is -0.568. The van der Waals surface area contributed by atoms with Gasteiger partial charge in [-0.25, -0.2) is 0 Å². The average molecular weight is 391 g/mol. The number of esters is 1. The van der Waals surface area contributed by atoms with Crippen molar-refractivity contribution in [2.75, 3.05) is 28.7 Å². The smallest absolute Gasteiger partial charge is 0.316 e. The molecule has 0 aliphatic heterocycles. The maximum Gasteiger partial charge on any atom is 0.316 e. The van der Waals surface area contributed by atoms with Gasteiger partial charge in [-0.05, 0) is 38.0 Å². The second-order valence-corrected chi connectivity index (χ2v) is 6.88. The molecule has 0 aliphatic rings. The first-order chi connectivity index (χ1) is 12.8. The highest BCUT2D eigenvalue weighted by atomic mass is 32.2. The highest BCUT2D eigenvalue weighted by molar-refractivity contribution is 8.00. The summed E-state index contributed by atoms with van der Waals surface area (Å²) >= 11 is 1.08. The van der Waals surface area contributed by atoms with E-state index in [-0.39, 0.29) is 24.0 Å². The maximum atomic E-state index is 11.9. The number of aromatic nitrogens is 1. The Morgan fingerprint density at radius 3 is 2.56 bits per heavy atom. The van der Waals surface area contributed by atoms with Gasteiger partial charge in [-0.2, -0.15) is 0 Å². The molecule has 1 aromatic heterocycles. The second kappa shape index (κ2) is 9.77. The predicted molar refractivity (Wildman–Crippen MR) is 103 cm³/mol.